The Hall–Kier alpha value is -0.330. The minimum atomic E-state index is -3.55. The van der Waals surface area contributed by atoms with Gasteiger partial charge in [0.2, 0.25) is 10.0 Å². The highest BCUT2D eigenvalue weighted by Crippen LogP contribution is 2.29. The fourth-order valence-electron chi connectivity index (χ4n) is 2.60. The zero-order chi connectivity index (χ0) is 15.6. The van der Waals surface area contributed by atoms with E-state index in [0.29, 0.717) is 5.02 Å². The molecule has 1 aromatic carbocycles. The minimum Gasteiger partial charge on any atom is -0.317 e. The monoisotopic (exact) mass is 366 g/mol. The van der Waals surface area contributed by atoms with Crippen LogP contribution >= 0.6 is 24.0 Å². The van der Waals surface area contributed by atoms with Crippen molar-refractivity contribution in [2.24, 2.45) is 0 Å². The summed E-state index contributed by atoms with van der Waals surface area (Å²) in [6.45, 7) is 5.78. The lowest BCUT2D eigenvalue weighted by atomic mass is 10.0. The van der Waals surface area contributed by atoms with E-state index in [1.807, 2.05) is 19.9 Å². The maximum Gasteiger partial charge on any atom is 0.244 e. The molecule has 0 aromatic heterocycles. The smallest absolute Gasteiger partial charge is 0.244 e. The summed E-state index contributed by atoms with van der Waals surface area (Å²) in [5.74, 6) is 0.264. The van der Waals surface area contributed by atoms with Gasteiger partial charge in [-0.15, -0.1) is 12.4 Å². The molecule has 0 unspecified atom stereocenters. The molecule has 0 saturated carbocycles. The zero-order valence-corrected chi connectivity index (χ0v) is 15.6. The number of hydrogen-bond acceptors (Lipinski definition) is 3. The van der Waals surface area contributed by atoms with Gasteiger partial charge in [-0.25, -0.2) is 8.42 Å². The fraction of sp³-hybridized carbons (Fsp3) is 0.600. The maximum atomic E-state index is 12.8. The first-order chi connectivity index (χ1) is 9.84. The zero-order valence-electron chi connectivity index (χ0n) is 13.2. The van der Waals surface area contributed by atoms with Crippen LogP contribution in [0.25, 0.3) is 0 Å². The molecule has 1 N–H and O–H groups in total. The predicted octanol–water partition coefficient (Wildman–Crippen LogP) is 3.26. The van der Waals surface area contributed by atoms with E-state index < -0.39 is 10.0 Å². The van der Waals surface area contributed by atoms with Gasteiger partial charge in [0, 0.05) is 13.1 Å². The van der Waals surface area contributed by atoms with Crippen molar-refractivity contribution in [2.45, 2.75) is 43.5 Å². The van der Waals surface area contributed by atoms with Crippen LogP contribution in [-0.2, 0) is 10.0 Å². The van der Waals surface area contributed by atoms with Gasteiger partial charge in [-0.3, -0.25) is 0 Å². The van der Waals surface area contributed by atoms with E-state index in [2.05, 4.69) is 5.32 Å². The van der Waals surface area contributed by atoms with Gasteiger partial charge in [0.05, 0.1) is 5.02 Å². The van der Waals surface area contributed by atoms with Crippen molar-refractivity contribution in [3.63, 3.8) is 0 Å². The summed E-state index contributed by atoms with van der Waals surface area (Å²) >= 11 is 6.15. The Labute approximate surface area is 144 Å². The van der Waals surface area contributed by atoms with E-state index in [-0.39, 0.29) is 29.3 Å². The number of rotatable bonds is 4. The lowest BCUT2D eigenvalue weighted by Gasteiger charge is -2.31. The molecule has 4 nitrogen and oxygen atoms in total. The lowest BCUT2D eigenvalue weighted by Crippen LogP contribution is -2.43. The second-order valence-corrected chi connectivity index (χ2v) is 8.22. The van der Waals surface area contributed by atoms with Gasteiger partial charge in [0.25, 0.3) is 0 Å². The van der Waals surface area contributed by atoms with Crippen molar-refractivity contribution in [1.29, 1.82) is 0 Å². The molecule has 0 atom stereocenters. The van der Waals surface area contributed by atoms with Gasteiger partial charge in [-0.05, 0) is 49.5 Å². The van der Waals surface area contributed by atoms with Gasteiger partial charge >= 0.3 is 0 Å². The molecule has 1 aliphatic heterocycles. The van der Waals surface area contributed by atoms with Crippen LogP contribution in [0.3, 0.4) is 0 Å². The predicted molar refractivity (Wildman–Crippen MR) is 93.6 cm³/mol. The highest BCUT2D eigenvalue weighted by Gasteiger charge is 2.30. The maximum absolute atomic E-state index is 12.8. The molecular formula is C15H24Cl2N2O2S. The highest BCUT2D eigenvalue weighted by molar-refractivity contribution is 7.89. The van der Waals surface area contributed by atoms with Crippen LogP contribution in [0.15, 0.2) is 23.1 Å². The topological polar surface area (TPSA) is 49.4 Å². The van der Waals surface area contributed by atoms with E-state index in [1.165, 1.54) is 4.31 Å². The van der Waals surface area contributed by atoms with Gasteiger partial charge in [0.15, 0.2) is 0 Å². The molecule has 1 aromatic rings. The number of nitrogens with zero attached hydrogens (tertiary/aromatic N) is 1. The first kappa shape index (κ1) is 19.7. The first-order valence-corrected chi connectivity index (χ1v) is 9.14. The van der Waals surface area contributed by atoms with Crippen molar-refractivity contribution >= 4 is 34.0 Å². The number of sulfonamides is 1. The van der Waals surface area contributed by atoms with Crippen molar-refractivity contribution in [3.8, 4) is 0 Å². The minimum absolute atomic E-state index is 0. The number of benzene rings is 1. The Kier molecular flexibility index (Phi) is 7.15. The Morgan fingerprint density at radius 1 is 1.27 bits per heavy atom. The molecule has 0 radical (unpaired) electrons. The number of nitrogens with one attached hydrogen (secondary N) is 1. The van der Waals surface area contributed by atoms with Gasteiger partial charge in [-0.1, -0.05) is 31.5 Å². The van der Waals surface area contributed by atoms with E-state index in [1.54, 1.807) is 19.2 Å². The van der Waals surface area contributed by atoms with Gasteiger partial charge in [0.1, 0.15) is 4.90 Å². The average molecular weight is 367 g/mol. The molecule has 1 fully saturated rings. The molecule has 22 heavy (non-hydrogen) atoms. The molecule has 0 amide bonds. The first-order valence-electron chi connectivity index (χ1n) is 7.32. The van der Waals surface area contributed by atoms with Crippen LogP contribution in [-0.4, -0.2) is 38.9 Å². The number of hydrogen-bond donors (Lipinski definition) is 1. The summed E-state index contributed by atoms with van der Waals surface area (Å²) in [5.41, 5.74) is 0.983. The third-order valence-corrected chi connectivity index (χ3v) is 6.49. The Bertz CT molecular complexity index is 600. The second-order valence-electron chi connectivity index (χ2n) is 5.85. The van der Waals surface area contributed by atoms with E-state index >= 15 is 0 Å². The Morgan fingerprint density at radius 3 is 2.41 bits per heavy atom. The third kappa shape index (κ3) is 4.15. The molecule has 1 saturated heterocycles. The van der Waals surface area contributed by atoms with E-state index in [9.17, 15) is 8.42 Å². The summed E-state index contributed by atoms with van der Waals surface area (Å²) in [6.07, 6.45) is 1.66. The SMILES string of the molecule is CC(C)c1ccc(Cl)c(S(=O)(=O)N(C)C2CCNCC2)c1.Cl. The van der Waals surface area contributed by atoms with Crippen molar-refractivity contribution in [3.05, 3.63) is 28.8 Å². The molecule has 2 rings (SSSR count). The van der Waals surface area contributed by atoms with E-state index in [0.717, 1.165) is 31.5 Å². The van der Waals surface area contributed by atoms with Gasteiger partial charge in [-0.2, -0.15) is 4.31 Å². The summed E-state index contributed by atoms with van der Waals surface area (Å²) < 4.78 is 27.2. The van der Waals surface area contributed by atoms with Crippen LogP contribution in [0.1, 0.15) is 38.2 Å². The normalized spacial score (nSPS) is 16.8. The molecule has 0 spiro atoms. The van der Waals surface area contributed by atoms with E-state index in [4.69, 9.17) is 11.6 Å². The molecule has 0 aliphatic carbocycles. The summed E-state index contributed by atoms with van der Waals surface area (Å²) in [4.78, 5) is 0.219. The Balaban J connectivity index is 0.00000242. The number of halogens is 2. The molecule has 7 heteroatoms. The summed E-state index contributed by atoms with van der Waals surface area (Å²) in [5, 5.41) is 3.54. The van der Waals surface area contributed by atoms with Crippen molar-refractivity contribution < 1.29 is 8.42 Å². The quantitative estimate of drug-likeness (QED) is 0.889. The molecule has 0 bridgehead atoms. The molecule has 1 aliphatic rings. The summed E-state index contributed by atoms with van der Waals surface area (Å²) in [7, 11) is -1.90. The van der Waals surface area contributed by atoms with Crippen molar-refractivity contribution in [2.75, 3.05) is 20.1 Å². The molecule has 1 heterocycles. The average Bonchev–Trinajstić information content (AvgIpc) is 2.47. The largest absolute Gasteiger partial charge is 0.317 e. The lowest BCUT2D eigenvalue weighted by molar-refractivity contribution is 0.296. The fourth-order valence-corrected chi connectivity index (χ4v) is 4.52. The Morgan fingerprint density at radius 2 is 1.86 bits per heavy atom. The second kappa shape index (κ2) is 7.97. The van der Waals surface area contributed by atoms with Crippen LogP contribution < -0.4 is 5.32 Å². The van der Waals surface area contributed by atoms with Gasteiger partial charge < -0.3 is 5.32 Å². The van der Waals surface area contributed by atoms with Crippen LogP contribution in [0.5, 0.6) is 0 Å². The molecule has 126 valence electrons. The van der Waals surface area contributed by atoms with Crippen molar-refractivity contribution in [1.82, 2.24) is 9.62 Å². The number of piperidine rings is 1. The third-order valence-electron chi connectivity index (χ3n) is 4.10. The van der Waals surface area contributed by atoms with Crippen LogP contribution in [0.2, 0.25) is 5.02 Å². The van der Waals surface area contributed by atoms with Crippen LogP contribution in [0, 0.1) is 0 Å². The standard InChI is InChI=1S/C15H23ClN2O2S.ClH/c1-11(2)12-4-5-14(16)15(10-12)21(19,20)18(3)13-6-8-17-9-7-13;/h4-5,10-11,13,17H,6-9H2,1-3H3;1H. The molecular weight excluding hydrogens is 343 g/mol. The summed E-state index contributed by atoms with van der Waals surface area (Å²) in [6, 6.07) is 5.31. The highest BCUT2D eigenvalue weighted by atomic mass is 35.5. The van der Waals surface area contributed by atoms with Crippen LogP contribution in [0.4, 0.5) is 0 Å².